The van der Waals surface area contributed by atoms with E-state index in [-0.39, 0.29) is 23.9 Å². The summed E-state index contributed by atoms with van der Waals surface area (Å²) in [4.78, 5) is 13.1. The number of carbonyl (C=O) groups excluding carboxylic acids is 1. The van der Waals surface area contributed by atoms with E-state index < -0.39 is 10.0 Å². The van der Waals surface area contributed by atoms with Crippen molar-refractivity contribution in [2.75, 3.05) is 32.9 Å². The van der Waals surface area contributed by atoms with Crippen LogP contribution < -0.4 is 5.73 Å². The van der Waals surface area contributed by atoms with Gasteiger partial charge in [0.15, 0.2) is 0 Å². The van der Waals surface area contributed by atoms with Gasteiger partial charge in [-0.3, -0.25) is 4.79 Å². The average Bonchev–Trinajstić information content (AvgIpc) is 2.35. The zero-order valence-electron chi connectivity index (χ0n) is 11.3. The zero-order valence-corrected chi connectivity index (χ0v) is 12.1. The number of benzene rings is 1. The van der Waals surface area contributed by atoms with E-state index in [4.69, 9.17) is 5.73 Å². The molecule has 7 heteroatoms. The van der Waals surface area contributed by atoms with Crippen molar-refractivity contribution in [3.63, 3.8) is 0 Å². The Kier molecular flexibility index (Phi) is 4.90. The van der Waals surface area contributed by atoms with Gasteiger partial charge in [0.1, 0.15) is 0 Å². The lowest BCUT2D eigenvalue weighted by Crippen LogP contribution is -2.40. The molecule has 0 bridgehead atoms. The molecule has 19 heavy (non-hydrogen) atoms. The molecule has 1 rings (SSSR count). The molecule has 1 aromatic carbocycles. The second-order valence-electron chi connectivity index (χ2n) is 4.29. The standard InChI is InChI=1S/C12H19N3O3S/c1-4-15(9-12(16)14(2)3)19(17,18)11-7-5-10(13)6-8-11/h5-8H,4,9,13H2,1-3H3. The second-order valence-corrected chi connectivity index (χ2v) is 6.23. The van der Waals surface area contributed by atoms with E-state index in [2.05, 4.69) is 0 Å². The zero-order chi connectivity index (χ0) is 14.6. The number of sulfonamides is 1. The molecule has 0 saturated heterocycles. The minimum Gasteiger partial charge on any atom is -0.399 e. The van der Waals surface area contributed by atoms with Crippen LogP contribution in [0.5, 0.6) is 0 Å². The highest BCUT2D eigenvalue weighted by molar-refractivity contribution is 7.89. The van der Waals surface area contributed by atoms with Crippen LogP contribution in [0, 0.1) is 0 Å². The van der Waals surface area contributed by atoms with Gasteiger partial charge >= 0.3 is 0 Å². The smallest absolute Gasteiger partial charge is 0.243 e. The Labute approximate surface area is 113 Å². The summed E-state index contributed by atoms with van der Waals surface area (Å²) < 4.78 is 25.8. The topological polar surface area (TPSA) is 83.7 Å². The maximum atomic E-state index is 12.3. The quantitative estimate of drug-likeness (QED) is 0.792. The van der Waals surface area contributed by atoms with Crippen molar-refractivity contribution in [3.05, 3.63) is 24.3 Å². The third-order valence-electron chi connectivity index (χ3n) is 2.68. The van der Waals surface area contributed by atoms with Gasteiger partial charge in [-0.25, -0.2) is 8.42 Å². The van der Waals surface area contributed by atoms with Crippen LogP contribution in [0.3, 0.4) is 0 Å². The summed E-state index contributed by atoms with van der Waals surface area (Å²) >= 11 is 0. The molecule has 0 spiro atoms. The number of rotatable bonds is 5. The minimum atomic E-state index is -3.67. The fraction of sp³-hybridized carbons (Fsp3) is 0.417. The molecule has 1 aromatic rings. The van der Waals surface area contributed by atoms with E-state index in [1.54, 1.807) is 21.0 Å². The minimum absolute atomic E-state index is 0.134. The van der Waals surface area contributed by atoms with Crippen molar-refractivity contribution < 1.29 is 13.2 Å². The van der Waals surface area contributed by atoms with E-state index >= 15 is 0 Å². The van der Waals surface area contributed by atoms with Crippen LogP contribution in [0.4, 0.5) is 5.69 Å². The highest BCUT2D eigenvalue weighted by atomic mass is 32.2. The van der Waals surface area contributed by atoms with Gasteiger partial charge in [0.05, 0.1) is 11.4 Å². The van der Waals surface area contributed by atoms with Gasteiger partial charge in [-0.05, 0) is 24.3 Å². The summed E-state index contributed by atoms with van der Waals surface area (Å²) in [5.74, 6) is -0.263. The predicted molar refractivity (Wildman–Crippen MR) is 74.0 cm³/mol. The lowest BCUT2D eigenvalue weighted by Gasteiger charge is -2.21. The Morgan fingerprint density at radius 1 is 1.21 bits per heavy atom. The van der Waals surface area contributed by atoms with Crippen LogP contribution in [0.1, 0.15) is 6.92 Å². The van der Waals surface area contributed by atoms with Crippen molar-refractivity contribution >= 4 is 21.6 Å². The maximum Gasteiger partial charge on any atom is 0.243 e. The van der Waals surface area contributed by atoms with Gasteiger partial charge in [0.25, 0.3) is 0 Å². The molecule has 0 radical (unpaired) electrons. The highest BCUT2D eigenvalue weighted by Crippen LogP contribution is 2.17. The monoisotopic (exact) mass is 285 g/mol. The van der Waals surface area contributed by atoms with Gasteiger partial charge in [-0.15, -0.1) is 0 Å². The van der Waals surface area contributed by atoms with Crippen molar-refractivity contribution in [2.24, 2.45) is 0 Å². The second kappa shape index (κ2) is 6.03. The lowest BCUT2D eigenvalue weighted by atomic mass is 10.3. The molecule has 0 aromatic heterocycles. The normalized spacial score (nSPS) is 11.6. The van der Waals surface area contributed by atoms with Crippen molar-refractivity contribution in [1.82, 2.24) is 9.21 Å². The van der Waals surface area contributed by atoms with E-state index in [0.717, 1.165) is 4.31 Å². The van der Waals surface area contributed by atoms with Crippen molar-refractivity contribution in [1.29, 1.82) is 0 Å². The third-order valence-corrected chi connectivity index (χ3v) is 4.62. The lowest BCUT2D eigenvalue weighted by molar-refractivity contribution is -0.128. The summed E-state index contributed by atoms with van der Waals surface area (Å²) in [6, 6.07) is 5.92. The first kappa shape index (κ1) is 15.5. The van der Waals surface area contributed by atoms with Gasteiger partial charge in [-0.1, -0.05) is 6.92 Å². The average molecular weight is 285 g/mol. The van der Waals surface area contributed by atoms with Crippen LogP contribution in [-0.2, 0) is 14.8 Å². The van der Waals surface area contributed by atoms with Crippen LogP contribution in [0.15, 0.2) is 29.2 Å². The van der Waals surface area contributed by atoms with E-state index in [1.807, 2.05) is 0 Å². The SMILES string of the molecule is CCN(CC(=O)N(C)C)S(=O)(=O)c1ccc(N)cc1. The highest BCUT2D eigenvalue weighted by Gasteiger charge is 2.25. The third kappa shape index (κ3) is 3.68. The first-order valence-corrected chi connectivity index (χ1v) is 7.29. The number of likely N-dealkylation sites (N-methyl/N-ethyl adjacent to an activating group) is 2. The van der Waals surface area contributed by atoms with E-state index in [9.17, 15) is 13.2 Å². The van der Waals surface area contributed by atoms with Gasteiger partial charge in [0, 0.05) is 26.3 Å². The van der Waals surface area contributed by atoms with E-state index in [0.29, 0.717) is 5.69 Å². The number of amides is 1. The van der Waals surface area contributed by atoms with Crippen molar-refractivity contribution in [2.45, 2.75) is 11.8 Å². The fourth-order valence-electron chi connectivity index (χ4n) is 1.45. The predicted octanol–water partition coefficient (Wildman–Crippen LogP) is 0.368. The fourth-order valence-corrected chi connectivity index (χ4v) is 2.85. The molecular formula is C12H19N3O3S. The summed E-state index contributed by atoms with van der Waals surface area (Å²) in [5.41, 5.74) is 6.02. The first-order valence-electron chi connectivity index (χ1n) is 5.85. The molecule has 6 nitrogen and oxygen atoms in total. The Morgan fingerprint density at radius 2 is 1.74 bits per heavy atom. The number of nitrogen functional groups attached to an aromatic ring is 1. The Bertz CT molecular complexity index is 538. The molecule has 0 saturated carbocycles. The van der Waals surface area contributed by atoms with Gasteiger partial charge in [-0.2, -0.15) is 4.31 Å². The number of nitrogens with two attached hydrogens (primary N) is 1. The molecule has 0 fully saturated rings. The van der Waals surface area contributed by atoms with Crippen LogP contribution in [0.25, 0.3) is 0 Å². The van der Waals surface area contributed by atoms with Gasteiger partial charge < -0.3 is 10.6 Å². The number of anilines is 1. The molecule has 0 aliphatic rings. The molecule has 2 N–H and O–H groups in total. The summed E-state index contributed by atoms with van der Waals surface area (Å²) in [6.45, 7) is 1.75. The molecule has 0 atom stereocenters. The van der Waals surface area contributed by atoms with Crippen LogP contribution in [-0.4, -0.2) is 50.7 Å². The number of hydrogen-bond acceptors (Lipinski definition) is 4. The van der Waals surface area contributed by atoms with Crippen LogP contribution >= 0.6 is 0 Å². The summed E-state index contributed by atoms with van der Waals surface area (Å²) in [7, 11) is -0.488. The Balaban J connectivity index is 3.02. The Morgan fingerprint density at radius 3 is 2.16 bits per heavy atom. The summed E-state index contributed by atoms with van der Waals surface area (Å²) in [5, 5.41) is 0. The first-order chi connectivity index (χ1) is 8.78. The molecule has 0 unspecified atom stereocenters. The summed E-state index contributed by atoms with van der Waals surface area (Å²) in [6.07, 6.45) is 0. The number of hydrogen-bond donors (Lipinski definition) is 1. The molecule has 1 amide bonds. The molecule has 0 aliphatic heterocycles. The van der Waals surface area contributed by atoms with Crippen LogP contribution in [0.2, 0.25) is 0 Å². The molecule has 0 heterocycles. The van der Waals surface area contributed by atoms with Crippen molar-refractivity contribution in [3.8, 4) is 0 Å². The van der Waals surface area contributed by atoms with Gasteiger partial charge in [0.2, 0.25) is 15.9 Å². The number of carbonyl (C=O) groups is 1. The maximum absolute atomic E-state index is 12.3. The molecular weight excluding hydrogens is 266 g/mol. The number of nitrogens with zero attached hydrogens (tertiary/aromatic N) is 2. The van der Waals surface area contributed by atoms with E-state index in [1.165, 1.54) is 29.2 Å². The molecule has 0 aliphatic carbocycles. The Hall–Kier alpha value is -1.60. The largest absolute Gasteiger partial charge is 0.399 e. The molecule has 106 valence electrons.